The molecule has 2 unspecified atom stereocenters. The molecule has 1 aliphatic rings. The van der Waals surface area contributed by atoms with Crippen LogP contribution >= 0.6 is 15.9 Å². The summed E-state index contributed by atoms with van der Waals surface area (Å²) in [6.07, 6.45) is -0.286. The van der Waals surface area contributed by atoms with E-state index in [2.05, 4.69) is 15.9 Å². The maximum absolute atomic E-state index is 12.1. The second-order valence-corrected chi connectivity index (χ2v) is 5.98. The van der Waals surface area contributed by atoms with Gasteiger partial charge in [-0.05, 0) is 30.5 Å². The van der Waals surface area contributed by atoms with E-state index < -0.39 is 18.1 Å². The molecule has 1 aromatic rings. The van der Waals surface area contributed by atoms with Crippen LogP contribution < -0.4 is 0 Å². The molecule has 0 spiro atoms. The summed E-state index contributed by atoms with van der Waals surface area (Å²) in [4.78, 5) is 25.2. The van der Waals surface area contributed by atoms with Crippen LogP contribution in [0.4, 0.5) is 0 Å². The summed E-state index contributed by atoms with van der Waals surface area (Å²) in [5, 5.41) is 9.41. The van der Waals surface area contributed by atoms with Crippen LogP contribution in [0.1, 0.15) is 30.5 Å². The summed E-state index contributed by atoms with van der Waals surface area (Å²) < 4.78 is 6.06. The highest BCUT2D eigenvalue weighted by Crippen LogP contribution is 2.35. The molecule has 1 saturated heterocycles. The van der Waals surface area contributed by atoms with Gasteiger partial charge in [-0.2, -0.15) is 0 Å². The van der Waals surface area contributed by atoms with Crippen LogP contribution in [0.5, 0.6) is 0 Å². The first-order chi connectivity index (χ1) is 9.95. The van der Waals surface area contributed by atoms with Crippen molar-refractivity contribution < 1.29 is 19.4 Å². The minimum atomic E-state index is -1.05. The highest BCUT2D eigenvalue weighted by molar-refractivity contribution is 9.10. The fourth-order valence-electron chi connectivity index (χ4n) is 2.57. The average Bonchev–Trinajstić information content (AvgIpc) is 2.41. The summed E-state index contributed by atoms with van der Waals surface area (Å²) in [6, 6.07) is 5.06. The fourth-order valence-corrected chi connectivity index (χ4v) is 3.30. The molecule has 1 aromatic carbocycles. The van der Waals surface area contributed by atoms with Crippen molar-refractivity contribution in [3.63, 3.8) is 0 Å². The highest BCUT2D eigenvalue weighted by atomic mass is 79.9. The van der Waals surface area contributed by atoms with Crippen molar-refractivity contribution in [2.75, 3.05) is 13.2 Å². The zero-order chi connectivity index (χ0) is 15.6. The molecule has 0 bridgehead atoms. The lowest BCUT2D eigenvalue weighted by molar-refractivity contribution is -0.173. The normalized spacial score (nSPS) is 22.4. The molecule has 1 amide bonds. The monoisotopic (exact) mass is 355 g/mol. The lowest BCUT2D eigenvalue weighted by Gasteiger charge is -2.39. The number of amides is 1. The Morgan fingerprint density at radius 1 is 1.52 bits per heavy atom. The van der Waals surface area contributed by atoms with Crippen molar-refractivity contribution in [2.45, 2.75) is 32.4 Å². The first-order valence-corrected chi connectivity index (χ1v) is 7.65. The van der Waals surface area contributed by atoms with Crippen molar-refractivity contribution >= 4 is 27.8 Å². The Balaban J connectivity index is 2.48. The Morgan fingerprint density at radius 3 is 2.81 bits per heavy atom. The van der Waals surface area contributed by atoms with Crippen molar-refractivity contribution in [3.8, 4) is 0 Å². The van der Waals surface area contributed by atoms with E-state index in [1.54, 1.807) is 4.90 Å². The summed E-state index contributed by atoms with van der Waals surface area (Å²) in [6.45, 7) is 4.24. The number of aryl methyl sites for hydroxylation is 1. The maximum atomic E-state index is 12.1. The van der Waals surface area contributed by atoms with E-state index in [0.717, 1.165) is 22.0 Å². The molecule has 0 radical (unpaired) electrons. The van der Waals surface area contributed by atoms with Gasteiger partial charge < -0.3 is 14.7 Å². The number of carboxylic acid groups (broad SMARTS) is 1. The molecular weight excluding hydrogens is 338 g/mol. The molecular formula is C15H18BrNO4. The Labute approximate surface area is 132 Å². The van der Waals surface area contributed by atoms with Gasteiger partial charge in [0.15, 0.2) is 6.10 Å². The van der Waals surface area contributed by atoms with E-state index in [-0.39, 0.29) is 12.5 Å². The Kier molecular flexibility index (Phi) is 5.00. The van der Waals surface area contributed by atoms with Gasteiger partial charge in [0, 0.05) is 11.0 Å². The number of carbonyl (C=O) groups is 2. The van der Waals surface area contributed by atoms with Crippen molar-refractivity contribution in [2.24, 2.45) is 0 Å². The van der Waals surface area contributed by atoms with Crippen LogP contribution in [0.25, 0.3) is 0 Å². The molecule has 1 N–H and O–H groups in total. The quantitative estimate of drug-likeness (QED) is 0.900. The van der Waals surface area contributed by atoms with Crippen molar-refractivity contribution in [1.82, 2.24) is 4.90 Å². The summed E-state index contributed by atoms with van der Waals surface area (Å²) in [7, 11) is 0. The number of carbonyl (C=O) groups excluding carboxylic acids is 1. The number of hydrogen-bond acceptors (Lipinski definition) is 3. The molecule has 1 aliphatic heterocycles. The lowest BCUT2D eigenvalue weighted by atomic mass is 9.96. The zero-order valence-electron chi connectivity index (χ0n) is 12.0. The van der Waals surface area contributed by atoms with Crippen molar-refractivity contribution in [3.05, 3.63) is 33.8 Å². The van der Waals surface area contributed by atoms with Gasteiger partial charge in [-0.3, -0.25) is 4.79 Å². The summed E-state index contributed by atoms with van der Waals surface area (Å²) in [5.74, 6) is -1.23. The lowest BCUT2D eigenvalue weighted by Crippen LogP contribution is -2.52. The summed E-state index contributed by atoms with van der Waals surface area (Å²) in [5.41, 5.74) is 1.82. The van der Waals surface area contributed by atoms with E-state index in [1.165, 1.54) is 0 Å². The fraction of sp³-hybridized carbons (Fsp3) is 0.467. The third kappa shape index (κ3) is 3.27. The van der Waals surface area contributed by atoms with Gasteiger partial charge in [-0.15, -0.1) is 0 Å². The number of hydrogen-bond donors (Lipinski definition) is 1. The summed E-state index contributed by atoms with van der Waals surface area (Å²) >= 11 is 3.47. The van der Waals surface area contributed by atoms with E-state index in [0.29, 0.717) is 6.54 Å². The number of morpholine rings is 1. The molecule has 0 aliphatic carbocycles. The van der Waals surface area contributed by atoms with Gasteiger partial charge in [0.1, 0.15) is 6.61 Å². The maximum Gasteiger partial charge on any atom is 0.335 e. The number of nitrogens with zero attached hydrogens (tertiary/aromatic N) is 1. The number of aliphatic carboxylic acids is 1. The van der Waals surface area contributed by atoms with Gasteiger partial charge in [0.2, 0.25) is 5.91 Å². The van der Waals surface area contributed by atoms with E-state index in [1.807, 2.05) is 32.0 Å². The van der Waals surface area contributed by atoms with E-state index >= 15 is 0 Å². The van der Waals surface area contributed by atoms with Gasteiger partial charge >= 0.3 is 5.97 Å². The van der Waals surface area contributed by atoms with Crippen LogP contribution in [0, 0.1) is 6.92 Å². The Morgan fingerprint density at radius 2 is 2.24 bits per heavy atom. The van der Waals surface area contributed by atoms with Crippen LogP contribution in [-0.4, -0.2) is 41.1 Å². The molecule has 0 aromatic heterocycles. The third-order valence-electron chi connectivity index (χ3n) is 3.51. The standard InChI is InChI=1S/C15H18BrNO4/c1-3-6-17-12(18)8-21-14(15(19)20)13(17)10-5-4-9(2)7-11(10)16/h4-5,7,13-14H,3,6,8H2,1-2H3,(H,19,20). The van der Waals surface area contributed by atoms with Crippen LogP contribution in [0.15, 0.2) is 22.7 Å². The average molecular weight is 356 g/mol. The predicted molar refractivity (Wildman–Crippen MR) is 81.0 cm³/mol. The minimum Gasteiger partial charge on any atom is -0.479 e. The topological polar surface area (TPSA) is 66.8 Å². The first kappa shape index (κ1) is 16.0. The highest BCUT2D eigenvalue weighted by Gasteiger charge is 2.42. The zero-order valence-corrected chi connectivity index (χ0v) is 13.6. The van der Waals surface area contributed by atoms with Crippen LogP contribution in [0.2, 0.25) is 0 Å². The number of benzene rings is 1. The van der Waals surface area contributed by atoms with Gasteiger partial charge in [-0.1, -0.05) is 35.0 Å². The SMILES string of the molecule is CCCN1C(=O)COC(C(=O)O)C1c1ccc(C)cc1Br. The van der Waals surface area contributed by atoms with E-state index in [4.69, 9.17) is 4.74 Å². The number of halogens is 1. The van der Waals surface area contributed by atoms with E-state index in [9.17, 15) is 14.7 Å². The molecule has 114 valence electrons. The molecule has 0 saturated carbocycles. The first-order valence-electron chi connectivity index (χ1n) is 6.85. The molecule has 5 nitrogen and oxygen atoms in total. The number of ether oxygens (including phenoxy) is 1. The molecule has 2 atom stereocenters. The molecule has 1 fully saturated rings. The largest absolute Gasteiger partial charge is 0.479 e. The molecule has 21 heavy (non-hydrogen) atoms. The van der Waals surface area contributed by atoms with Crippen LogP contribution in [0.3, 0.4) is 0 Å². The predicted octanol–water partition coefficient (Wildman–Crippen LogP) is 2.52. The van der Waals surface area contributed by atoms with Gasteiger partial charge in [0.05, 0.1) is 6.04 Å². The third-order valence-corrected chi connectivity index (χ3v) is 4.20. The Hall–Kier alpha value is -1.40. The van der Waals surface area contributed by atoms with Gasteiger partial charge in [0.25, 0.3) is 0 Å². The van der Waals surface area contributed by atoms with Crippen molar-refractivity contribution in [1.29, 1.82) is 0 Å². The minimum absolute atomic E-state index is 0.174. The second-order valence-electron chi connectivity index (χ2n) is 5.13. The Bertz CT molecular complexity index is 561. The number of carboxylic acids is 1. The second kappa shape index (κ2) is 6.58. The van der Waals surface area contributed by atoms with Gasteiger partial charge in [-0.25, -0.2) is 4.79 Å². The van der Waals surface area contributed by atoms with Crippen LogP contribution in [-0.2, 0) is 14.3 Å². The number of rotatable bonds is 4. The smallest absolute Gasteiger partial charge is 0.335 e. The molecule has 6 heteroatoms. The molecule has 1 heterocycles. The molecule has 2 rings (SSSR count).